The largest absolute Gasteiger partial charge is 0.396 e. The second-order valence-electron chi connectivity index (χ2n) is 4.12. The number of hydrogen-bond acceptors (Lipinski definition) is 5. The first-order valence-electron chi connectivity index (χ1n) is 5.95. The highest BCUT2D eigenvalue weighted by atomic mass is 32.2. The molecule has 1 amide bonds. The Hall–Kier alpha value is -1.76. The van der Waals surface area contributed by atoms with Gasteiger partial charge in [-0.3, -0.25) is 4.79 Å². The number of benzene rings is 1. The Morgan fingerprint density at radius 3 is 2.63 bits per heavy atom. The van der Waals surface area contributed by atoms with Gasteiger partial charge in [0.1, 0.15) is 0 Å². The van der Waals surface area contributed by atoms with Crippen LogP contribution in [0.3, 0.4) is 0 Å². The van der Waals surface area contributed by atoms with Crippen molar-refractivity contribution >= 4 is 27.1 Å². The Morgan fingerprint density at radius 1 is 1.37 bits per heavy atom. The lowest BCUT2D eigenvalue weighted by atomic mass is 10.2. The summed E-state index contributed by atoms with van der Waals surface area (Å²) in [7, 11) is -3.35. The van der Waals surface area contributed by atoms with Gasteiger partial charge in [-0.1, -0.05) is 6.07 Å². The van der Waals surface area contributed by atoms with E-state index in [1.807, 2.05) is 6.92 Å². The summed E-state index contributed by atoms with van der Waals surface area (Å²) in [4.78, 5) is 11.4. The minimum absolute atomic E-state index is 0.0622. The number of rotatable bonds is 6. The number of sulfone groups is 1. The van der Waals surface area contributed by atoms with E-state index in [1.165, 1.54) is 6.07 Å². The van der Waals surface area contributed by atoms with Gasteiger partial charge in [-0.2, -0.15) is 0 Å². The highest BCUT2D eigenvalue weighted by Crippen LogP contribution is 2.26. The van der Waals surface area contributed by atoms with Gasteiger partial charge in [0.2, 0.25) is 5.91 Å². The molecule has 0 saturated carbocycles. The molecule has 0 atom stereocenters. The number of hydrogen-bond donors (Lipinski definition) is 3. The van der Waals surface area contributed by atoms with Crippen LogP contribution in [0.5, 0.6) is 0 Å². The van der Waals surface area contributed by atoms with E-state index in [0.29, 0.717) is 25.2 Å². The maximum atomic E-state index is 11.5. The SMILES string of the molecule is CCNC(=O)CCNc1cccc(S(C)(=O)=O)c1N. The van der Waals surface area contributed by atoms with Gasteiger partial charge in [-0.05, 0) is 19.1 Å². The van der Waals surface area contributed by atoms with Crippen molar-refractivity contribution in [2.75, 3.05) is 30.4 Å². The van der Waals surface area contributed by atoms with Gasteiger partial charge in [0, 0.05) is 25.8 Å². The summed E-state index contributed by atoms with van der Waals surface area (Å²) in [6.07, 6.45) is 1.41. The van der Waals surface area contributed by atoms with E-state index in [0.717, 1.165) is 6.26 Å². The Labute approximate surface area is 113 Å². The molecular weight excluding hydrogens is 266 g/mol. The van der Waals surface area contributed by atoms with Gasteiger partial charge in [0.25, 0.3) is 0 Å². The van der Waals surface area contributed by atoms with Gasteiger partial charge in [0.05, 0.1) is 16.3 Å². The summed E-state index contributed by atoms with van der Waals surface area (Å²) in [6, 6.07) is 4.75. The highest BCUT2D eigenvalue weighted by Gasteiger charge is 2.13. The highest BCUT2D eigenvalue weighted by molar-refractivity contribution is 7.90. The van der Waals surface area contributed by atoms with E-state index in [9.17, 15) is 13.2 Å². The minimum Gasteiger partial charge on any atom is -0.396 e. The molecule has 106 valence electrons. The predicted octanol–water partition coefficient (Wildman–Crippen LogP) is 0.610. The molecule has 0 aromatic heterocycles. The molecule has 7 heteroatoms. The fourth-order valence-electron chi connectivity index (χ4n) is 1.62. The first kappa shape index (κ1) is 15.3. The molecule has 1 rings (SSSR count). The Balaban J connectivity index is 2.73. The average Bonchev–Trinajstić information content (AvgIpc) is 2.30. The predicted molar refractivity (Wildman–Crippen MR) is 75.8 cm³/mol. The number of anilines is 2. The zero-order chi connectivity index (χ0) is 14.5. The zero-order valence-electron chi connectivity index (χ0n) is 11.1. The monoisotopic (exact) mass is 285 g/mol. The maximum absolute atomic E-state index is 11.5. The number of nitrogens with two attached hydrogens (primary N) is 1. The molecule has 19 heavy (non-hydrogen) atoms. The quantitative estimate of drug-likeness (QED) is 0.665. The molecule has 0 unspecified atom stereocenters. The van der Waals surface area contributed by atoms with E-state index >= 15 is 0 Å². The summed E-state index contributed by atoms with van der Waals surface area (Å²) < 4.78 is 23.0. The van der Waals surface area contributed by atoms with E-state index < -0.39 is 9.84 Å². The van der Waals surface area contributed by atoms with Crippen LogP contribution in [0.25, 0.3) is 0 Å². The molecule has 4 N–H and O–H groups in total. The zero-order valence-corrected chi connectivity index (χ0v) is 11.9. The first-order chi connectivity index (χ1) is 8.86. The van der Waals surface area contributed by atoms with Crippen molar-refractivity contribution in [2.45, 2.75) is 18.2 Å². The van der Waals surface area contributed by atoms with Crippen molar-refractivity contribution in [2.24, 2.45) is 0 Å². The normalized spacial score (nSPS) is 11.1. The number of carbonyl (C=O) groups is 1. The maximum Gasteiger partial charge on any atom is 0.221 e. The molecule has 1 aromatic carbocycles. The van der Waals surface area contributed by atoms with Crippen LogP contribution in [-0.2, 0) is 14.6 Å². The van der Waals surface area contributed by atoms with Gasteiger partial charge in [-0.15, -0.1) is 0 Å². The summed E-state index contributed by atoms with van der Waals surface area (Å²) in [5.74, 6) is -0.0622. The molecule has 0 aliphatic rings. The third-order valence-corrected chi connectivity index (χ3v) is 3.66. The second kappa shape index (κ2) is 6.42. The Morgan fingerprint density at radius 2 is 2.05 bits per heavy atom. The van der Waals surface area contributed by atoms with Crippen molar-refractivity contribution in [3.63, 3.8) is 0 Å². The van der Waals surface area contributed by atoms with Crippen molar-refractivity contribution < 1.29 is 13.2 Å². The van der Waals surface area contributed by atoms with Gasteiger partial charge in [0.15, 0.2) is 9.84 Å². The molecule has 0 spiro atoms. The standard InChI is InChI=1S/C12H19N3O3S/c1-3-14-11(16)7-8-15-9-5-4-6-10(12(9)13)19(2,17)18/h4-6,15H,3,7-8,13H2,1-2H3,(H,14,16). The molecule has 6 nitrogen and oxygen atoms in total. The molecule has 0 aliphatic heterocycles. The van der Waals surface area contributed by atoms with E-state index in [2.05, 4.69) is 10.6 Å². The van der Waals surface area contributed by atoms with Gasteiger partial charge in [-0.25, -0.2) is 8.42 Å². The van der Waals surface area contributed by atoms with Crippen LogP contribution in [0.15, 0.2) is 23.1 Å². The van der Waals surface area contributed by atoms with E-state index in [4.69, 9.17) is 5.73 Å². The van der Waals surface area contributed by atoms with Crippen molar-refractivity contribution in [1.82, 2.24) is 5.32 Å². The van der Waals surface area contributed by atoms with Crippen molar-refractivity contribution in [3.05, 3.63) is 18.2 Å². The number of nitrogens with one attached hydrogen (secondary N) is 2. The summed E-state index contributed by atoms with van der Waals surface area (Å²) in [5, 5.41) is 5.64. The Kier molecular flexibility index (Phi) is 5.17. The molecule has 0 radical (unpaired) electrons. The van der Waals surface area contributed by atoms with Crippen LogP contribution in [0.2, 0.25) is 0 Å². The van der Waals surface area contributed by atoms with Crippen LogP contribution in [0.4, 0.5) is 11.4 Å². The first-order valence-corrected chi connectivity index (χ1v) is 7.84. The lowest BCUT2D eigenvalue weighted by Crippen LogP contribution is -2.24. The fourth-order valence-corrected chi connectivity index (χ4v) is 2.45. The van der Waals surface area contributed by atoms with Crippen LogP contribution in [0, 0.1) is 0 Å². The Bertz CT molecular complexity index is 555. The minimum atomic E-state index is -3.35. The molecule has 0 fully saturated rings. The average molecular weight is 285 g/mol. The third-order valence-electron chi connectivity index (χ3n) is 2.51. The topological polar surface area (TPSA) is 101 Å². The molecular formula is C12H19N3O3S. The smallest absolute Gasteiger partial charge is 0.221 e. The summed E-state index contributed by atoms with van der Waals surface area (Å²) >= 11 is 0. The number of amides is 1. The third kappa shape index (κ3) is 4.44. The van der Waals surface area contributed by atoms with Crippen LogP contribution in [-0.4, -0.2) is 33.7 Å². The van der Waals surface area contributed by atoms with Crippen LogP contribution in [0.1, 0.15) is 13.3 Å². The number of nitrogen functional groups attached to an aromatic ring is 1. The summed E-state index contributed by atoms with van der Waals surface area (Å²) in [6.45, 7) is 2.83. The van der Waals surface area contributed by atoms with Crippen molar-refractivity contribution in [3.8, 4) is 0 Å². The molecule has 0 aliphatic carbocycles. The fraction of sp³-hybridized carbons (Fsp3) is 0.417. The van der Waals surface area contributed by atoms with E-state index in [1.54, 1.807) is 12.1 Å². The number of carbonyl (C=O) groups excluding carboxylic acids is 1. The van der Waals surface area contributed by atoms with Crippen LogP contribution >= 0.6 is 0 Å². The van der Waals surface area contributed by atoms with Gasteiger partial charge < -0.3 is 16.4 Å². The lowest BCUT2D eigenvalue weighted by Gasteiger charge is -2.11. The van der Waals surface area contributed by atoms with Crippen LogP contribution < -0.4 is 16.4 Å². The summed E-state index contributed by atoms with van der Waals surface area (Å²) in [5.41, 5.74) is 6.50. The molecule has 0 heterocycles. The molecule has 0 bridgehead atoms. The lowest BCUT2D eigenvalue weighted by molar-refractivity contribution is -0.120. The molecule has 1 aromatic rings. The second-order valence-corrected chi connectivity index (χ2v) is 6.10. The number of para-hydroxylation sites is 1. The molecule has 0 saturated heterocycles. The van der Waals surface area contributed by atoms with Gasteiger partial charge >= 0.3 is 0 Å². The van der Waals surface area contributed by atoms with E-state index in [-0.39, 0.29) is 16.5 Å². The van der Waals surface area contributed by atoms with Crippen molar-refractivity contribution in [1.29, 1.82) is 0 Å².